The molecule has 3 nitrogen and oxygen atoms in total. The van der Waals surface area contributed by atoms with Gasteiger partial charge < -0.3 is 5.32 Å². The highest BCUT2D eigenvalue weighted by atomic mass is 127. The van der Waals surface area contributed by atoms with Gasteiger partial charge in [-0.15, -0.1) is 0 Å². The summed E-state index contributed by atoms with van der Waals surface area (Å²) in [6, 6.07) is 7.75. The van der Waals surface area contributed by atoms with E-state index in [4.69, 9.17) is 0 Å². The van der Waals surface area contributed by atoms with E-state index in [2.05, 4.69) is 32.9 Å². The van der Waals surface area contributed by atoms with E-state index in [1.54, 1.807) is 11.8 Å². The lowest BCUT2D eigenvalue weighted by Gasteiger charge is -2.06. The molecule has 0 unspecified atom stereocenters. The quantitative estimate of drug-likeness (QED) is 0.823. The van der Waals surface area contributed by atoms with E-state index in [0.717, 1.165) is 25.9 Å². The number of benzene rings is 1. The van der Waals surface area contributed by atoms with Crippen molar-refractivity contribution < 1.29 is 4.79 Å². The molecule has 0 saturated carbocycles. The molecule has 0 spiro atoms. The summed E-state index contributed by atoms with van der Waals surface area (Å²) in [7, 11) is 0. The summed E-state index contributed by atoms with van der Waals surface area (Å²) in [6.45, 7) is 0.880. The molecule has 1 N–H and O–H groups in total. The maximum atomic E-state index is 11.7. The minimum atomic E-state index is 0.0225. The largest absolute Gasteiger partial charge is 0.324 e. The molecule has 1 aliphatic rings. The molecule has 2 rings (SSSR count). The van der Waals surface area contributed by atoms with Crippen LogP contribution in [0.1, 0.15) is 0 Å². The van der Waals surface area contributed by atoms with Crippen LogP contribution in [0.4, 0.5) is 5.69 Å². The van der Waals surface area contributed by atoms with Crippen molar-refractivity contribution in [2.45, 2.75) is 0 Å². The Balaban J connectivity index is 1.83. The Morgan fingerprint density at radius 1 is 1.53 bits per heavy atom. The van der Waals surface area contributed by atoms with E-state index in [9.17, 15) is 4.79 Å². The van der Waals surface area contributed by atoms with E-state index in [-0.39, 0.29) is 5.91 Å². The molecule has 0 atom stereocenters. The Kier molecular flexibility index (Phi) is 5.17. The highest BCUT2D eigenvalue weighted by Gasteiger charge is 2.11. The number of hydrogen-bond donors (Lipinski definition) is 1. The third-order valence-electron chi connectivity index (χ3n) is 2.03. The van der Waals surface area contributed by atoms with E-state index in [1.807, 2.05) is 24.3 Å². The standard InChI is InChI=1S/C11H11IN2OS2/c12-8-3-1-2-4-9(8)14-10(15)7-17-11-13-5-6-16-11/h1-4H,5-7H2,(H,14,15). The predicted molar refractivity (Wildman–Crippen MR) is 85.0 cm³/mol. The number of aliphatic imine (C=N–C) groups is 1. The van der Waals surface area contributed by atoms with Gasteiger partial charge >= 0.3 is 0 Å². The number of amides is 1. The van der Waals surface area contributed by atoms with Crippen LogP contribution in [-0.4, -0.2) is 28.3 Å². The van der Waals surface area contributed by atoms with Gasteiger partial charge in [0, 0.05) is 9.32 Å². The van der Waals surface area contributed by atoms with Gasteiger partial charge in [-0.2, -0.15) is 0 Å². The molecule has 1 aromatic rings. The smallest absolute Gasteiger partial charge is 0.234 e. The van der Waals surface area contributed by atoms with Crippen LogP contribution in [0.3, 0.4) is 0 Å². The summed E-state index contributed by atoms with van der Waals surface area (Å²) in [5.41, 5.74) is 0.875. The predicted octanol–water partition coefficient (Wildman–Crippen LogP) is 3.07. The van der Waals surface area contributed by atoms with Crippen LogP contribution >= 0.6 is 46.1 Å². The number of nitrogens with zero attached hydrogens (tertiary/aromatic N) is 1. The number of halogens is 1. The zero-order valence-corrected chi connectivity index (χ0v) is 12.8. The Morgan fingerprint density at radius 2 is 2.35 bits per heavy atom. The molecule has 1 aliphatic heterocycles. The van der Waals surface area contributed by atoms with E-state index in [0.29, 0.717) is 5.75 Å². The van der Waals surface area contributed by atoms with Crippen molar-refractivity contribution in [3.05, 3.63) is 27.8 Å². The molecule has 1 aromatic carbocycles. The minimum absolute atomic E-state index is 0.0225. The molecule has 17 heavy (non-hydrogen) atoms. The lowest BCUT2D eigenvalue weighted by atomic mass is 10.3. The van der Waals surface area contributed by atoms with Crippen molar-refractivity contribution in [1.29, 1.82) is 0 Å². The fourth-order valence-corrected chi connectivity index (χ4v) is 3.61. The Bertz CT molecular complexity index is 451. The van der Waals surface area contributed by atoms with Crippen molar-refractivity contribution >= 4 is 62.1 Å². The van der Waals surface area contributed by atoms with Crippen molar-refractivity contribution in [2.75, 3.05) is 23.4 Å². The number of anilines is 1. The van der Waals surface area contributed by atoms with Gasteiger partial charge in [-0.1, -0.05) is 35.7 Å². The minimum Gasteiger partial charge on any atom is -0.324 e. The Morgan fingerprint density at radius 3 is 3.06 bits per heavy atom. The lowest BCUT2D eigenvalue weighted by molar-refractivity contribution is -0.113. The Labute approximate surface area is 122 Å². The average Bonchev–Trinajstić information content (AvgIpc) is 2.82. The highest BCUT2D eigenvalue weighted by molar-refractivity contribution is 14.1. The second-order valence-electron chi connectivity index (χ2n) is 3.31. The number of nitrogens with one attached hydrogen (secondary N) is 1. The first-order chi connectivity index (χ1) is 8.25. The number of hydrogen-bond acceptors (Lipinski definition) is 4. The zero-order valence-electron chi connectivity index (χ0n) is 8.98. The van der Waals surface area contributed by atoms with E-state index in [1.165, 1.54) is 11.8 Å². The van der Waals surface area contributed by atoms with Crippen molar-refractivity contribution in [2.24, 2.45) is 4.99 Å². The second kappa shape index (κ2) is 6.65. The van der Waals surface area contributed by atoms with Gasteiger partial charge in [0.25, 0.3) is 0 Å². The molecule has 6 heteroatoms. The topological polar surface area (TPSA) is 41.5 Å². The fraction of sp³-hybridized carbons (Fsp3) is 0.273. The molecule has 0 radical (unpaired) electrons. The normalized spacial score (nSPS) is 14.5. The monoisotopic (exact) mass is 378 g/mol. The van der Waals surface area contributed by atoms with Crippen LogP contribution in [0.5, 0.6) is 0 Å². The lowest BCUT2D eigenvalue weighted by Crippen LogP contribution is -2.15. The molecular formula is C11H11IN2OS2. The third kappa shape index (κ3) is 4.18. The summed E-state index contributed by atoms with van der Waals surface area (Å²) in [5, 5.41) is 2.90. The summed E-state index contributed by atoms with van der Waals surface area (Å²) < 4.78 is 2.08. The molecule has 1 heterocycles. The van der Waals surface area contributed by atoms with Gasteiger partial charge in [-0.3, -0.25) is 9.79 Å². The number of rotatable bonds is 3. The van der Waals surface area contributed by atoms with Crippen LogP contribution in [-0.2, 0) is 4.79 Å². The molecule has 0 fully saturated rings. The van der Waals surface area contributed by atoms with Gasteiger partial charge in [0.2, 0.25) is 5.91 Å². The van der Waals surface area contributed by atoms with Crippen molar-refractivity contribution in [3.63, 3.8) is 0 Å². The summed E-state index contributed by atoms with van der Waals surface area (Å²) in [4.78, 5) is 16.0. The van der Waals surface area contributed by atoms with Crippen LogP contribution in [0.15, 0.2) is 29.3 Å². The van der Waals surface area contributed by atoms with Gasteiger partial charge in [0.05, 0.1) is 18.0 Å². The molecule has 0 saturated heterocycles. The first kappa shape index (κ1) is 13.2. The SMILES string of the molecule is O=C(CSC1=NCCS1)Nc1ccccc1I. The van der Waals surface area contributed by atoms with Crippen LogP contribution in [0, 0.1) is 3.57 Å². The first-order valence-corrected chi connectivity index (χ1v) is 8.15. The molecule has 0 aliphatic carbocycles. The van der Waals surface area contributed by atoms with Crippen LogP contribution in [0.25, 0.3) is 0 Å². The molecular weight excluding hydrogens is 367 g/mol. The summed E-state index contributed by atoms with van der Waals surface area (Å²) in [6.07, 6.45) is 0. The maximum Gasteiger partial charge on any atom is 0.234 e. The number of carbonyl (C=O) groups excluding carboxylic acids is 1. The van der Waals surface area contributed by atoms with Gasteiger partial charge in [0.1, 0.15) is 4.38 Å². The maximum absolute atomic E-state index is 11.7. The number of para-hydroxylation sites is 1. The number of thioether (sulfide) groups is 2. The first-order valence-electron chi connectivity index (χ1n) is 5.10. The van der Waals surface area contributed by atoms with Crippen molar-refractivity contribution in [1.82, 2.24) is 0 Å². The summed E-state index contributed by atoms with van der Waals surface area (Å²) >= 11 is 5.45. The number of carbonyl (C=O) groups is 1. The van der Waals surface area contributed by atoms with Crippen LogP contribution in [0.2, 0.25) is 0 Å². The Hall–Kier alpha value is -0.210. The molecule has 0 aromatic heterocycles. The molecule has 0 bridgehead atoms. The average molecular weight is 378 g/mol. The second-order valence-corrected chi connectivity index (χ2v) is 6.78. The van der Waals surface area contributed by atoms with Gasteiger partial charge in [-0.25, -0.2) is 0 Å². The van der Waals surface area contributed by atoms with E-state index < -0.39 is 0 Å². The van der Waals surface area contributed by atoms with Crippen molar-refractivity contribution in [3.8, 4) is 0 Å². The fourth-order valence-electron chi connectivity index (χ4n) is 1.28. The zero-order chi connectivity index (χ0) is 12.1. The van der Waals surface area contributed by atoms with Gasteiger partial charge in [-0.05, 0) is 34.7 Å². The van der Waals surface area contributed by atoms with Crippen LogP contribution < -0.4 is 5.32 Å². The molecule has 1 amide bonds. The third-order valence-corrected chi connectivity index (χ3v) is 5.23. The molecule has 90 valence electrons. The van der Waals surface area contributed by atoms with Gasteiger partial charge in [0.15, 0.2) is 0 Å². The summed E-state index contributed by atoms with van der Waals surface area (Å²) in [5.74, 6) is 1.49. The van der Waals surface area contributed by atoms with E-state index >= 15 is 0 Å². The highest BCUT2D eigenvalue weighted by Crippen LogP contribution is 2.22.